The van der Waals surface area contributed by atoms with Crippen molar-refractivity contribution in [3.8, 4) is 0 Å². The first-order valence-corrected chi connectivity index (χ1v) is 6.02. The molecule has 1 nitrogen and oxygen atoms in total. The zero-order chi connectivity index (χ0) is 14.1. The molecule has 0 aliphatic rings. The van der Waals surface area contributed by atoms with Crippen LogP contribution in [0.1, 0.15) is 51.3 Å². The van der Waals surface area contributed by atoms with Gasteiger partial charge in [0.25, 0.3) is 0 Å². The summed E-state index contributed by atoms with van der Waals surface area (Å²) >= 11 is 0. The summed E-state index contributed by atoms with van der Waals surface area (Å²) in [4.78, 5) is 11.1. The molecule has 1 aromatic rings. The standard InChI is InChI=1S/C15H20F2O/c1-10(18)6-11-7-12(14(2,3)16)9-13(8-11)15(4,5)17/h7-9H,6H2,1-5H3. The van der Waals surface area contributed by atoms with Crippen molar-refractivity contribution in [1.82, 2.24) is 0 Å². The molecule has 0 atom stereocenters. The molecule has 0 radical (unpaired) electrons. The number of benzene rings is 1. The van der Waals surface area contributed by atoms with Crippen LogP contribution in [-0.4, -0.2) is 5.78 Å². The summed E-state index contributed by atoms with van der Waals surface area (Å²) in [6.45, 7) is 7.17. The molecular formula is C15H20F2O. The lowest BCUT2D eigenvalue weighted by atomic mass is 9.89. The highest BCUT2D eigenvalue weighted by atomic mass is 19.1. The Kier molecular flexibility index (Phi) is 3.94. The minimum Gasteiger partial charge on any atom is -0.300 e. The first kappa shape index (κ1) is 14.8. The van der Waals surface area contributed by atoms with Gasteiger partial charge in [-0.25, -0.2) is 8.78 Å². The van der Waals surface area contributed by atoms with Crippen molar-refractivity contribution in [3.63, 3.8) is 0 Å². The fourth-order valence-electron chi connectivity index (χ4n) is 1.77. The third-order valence-corrected chi connectivity index (χ3v) is 2.82. The molecule has 3 heteroatoms. The van der Waals surface area contributed by atoms with Gasteiger partial charge in [-0.3, -0.25) is 4.79 Å². The molecule has 0 aromatic heterocycles. The molecule has 0 N–H and O–H groups in total. The van der Waals surface area contributed by atoms with Crippen molar-refractivity contribution in [1.29, 1.82) is 0 Å². The second kappa shape index (κ2) is 4.79. The van der Waals surface area contributed by atoms with Crippen LogP contribution in [0.15, 0.2) is 18.2 Å². The molecule has 100 valence electrons. The molecule has 0 fully saturated rings. The SMILES string of the molecule is CC(=O)Cc1cc(C(C)(C)F)cc(C(C)(C)F)c1. The summed E-state index contributed by atoms with van der Waals surface area (Å²) in [5.41, 5.74) is -1.63. The van der Waals surface area contributed by atoms with Gasteiger partial charge in [0.2, 0.25) is 0 Å². The zero-order valence-electron chi connectivity index (χ0n) is 11.6. The van der Waals surface area contributed by atoms with E-state index in [0.717, 1.165) is 0 Å². The average Bonchev–Trinajstić information content (AvgIpc) is 2.13. The predicted octanol–water partition coefficient (Wildman–Crippen LogP) is 4.23. The summed E-state index contributed by atoms with van der Waals surface area (Å²) < 4.78 is 28.0. The van der Waals surface area contributed by atoms with E-state index in [1.807, 2.05) is 0 Å². The second-order valence-electron chi connectivity index (χ2n) is 5.74. The van der Waals surface area contributed by atoms with E-state index < -0.39 is 11.3 Å². The number of hydrogen-bond donors (Lipinski definition) is 0. The molecule has 0 aliphatic heterocycles. The highest BCUT2D eigenvalue weighted by Crippen LogP contribution is 2.32. The molecule has 0 spiro atoms. The third-order valence-electron chi connectivity index (χ3n) is 2.82. The Morgan fingerprint density at radius 1 is 1.00 bits per heavy atom. The van der Waals surface area contributed by atoms with Gasteiger partial charge >= 0.3 is 0 Å². The van der Waals surface area contributed by atoms with E-state index in [0.29, 0.717) is 16.7 Å². The summed E-state index contributed by atoms with van der Waals surface area (Å²) in [6.07, 6.45) is 0.201. The smallest absolute Gasteiger partial charge is 0.134 e. The molecule has 18 heavy (non-hydrogen) atoms. The number of Topliss-reactive ketones (excluding diaryl/α,β-unsaturated/α-hetero) is 1. The number of alkyl halides is 2. The van der Waals surface area contributed by atoms with Crippen molar-refractivity contribution in [2.45, 2.75) is 52.4 Å². The molecule has 1 aromatic carbocycles. The van der Waals surface area contributed by atoms with Crippen molar-refractivity contribution in [2.24, 2.45) is 0 Å². The Labute approximate surface area is 107 Å². The van der Waals surface area contributed by atoms with Crippen molar-refractivity contribution in [2.75, 3.05) is 0 Å². The molecule has 0 saturated heterocycles. The Hall–Kier alpha value is -1.25. The normalized spacial score (nSPS) is 12.6. The first-order valence-electron chi connectivity index (χ1n) is 6.02. The Bertz CT molecular complexity index is 418. The van der Waals surface area contributed by atoms with Gasteiger partial charge in [0.05, 0.1) is 0 Å². The fourth-order valence-corrected chi connectivity index (χ4v) is 1.77. The molecule has 0 aliphatic carbocycles. The van der Waals surface area contributed by atoms with Gasteiger partial charge in [-0.05, 0) is 57.4 Å². The monoisotopic (exact) mass is 254 g/mol. The largest absolute Gasteiger partial charge is 0.300 e. The highest BCUT2D eigenvalue weighted by molar-refractivity contribution is 5.78. The van der Waals surface area contributed by atoms with E-state index in [1.165, 1.54) is 40.7 Å². The Morgan fingerprint density at radius 3 is 1.67 bits per heavy atom. The molecule has 0 unspecified atom stereocenters. The maximum Gasteiger partial charge on any atom is 0.134 e. The average molecular weight is 254 g/mol. The lowest BCUT2D eigenvalue weighted by molar-refractivity contribution is -0.116. The molecule has 1 rings (SSSR count). The number of hydrogen-bond acceptors (Lipinski definition) is 1. The quantitative estimate of drug-likeness (QED) is 0.786. The lowest BCUT2D eigenvalue weighted by Crippen LogP contribution is -2.15. The number of ketones is 1. The van der Waals surface area contributed by atoms with Gasteiger partial charge in [-0.1, -0.05) is 12.1 Å². The van der Waals surface area contributed by atoms with Crippen molar-refractivity contribution in [3.05, 3.63) is 34.9 Å². The number of halogens is 2. The third kappa shape index (κ3) is 3.90. The highest BCUT2D eigenvalue weighted by Gasteiger charge is 2.25. The van der Waals surface area contributed by atoms with E-state index >= 15 is 0 Å². The number of carbonyl (C=O) groups excluding carboxylic acids is 1. The van der Waals surface area contributed by atoms with E-state index in [-0.39, 0.29) is 12.2 Å². The lowest BCUT2D eigenvalue weighted by Gasteiger charge is -2.21. The van der Waals surface area contributed by atoms with Gasteiger partial charge in [0.15, 0.2) is 0 Å². The minimum absolute atomic E-state index is 0.0218. The predicted molar refractivity (Wildman–Crippen MR) is 69.1 cm³/mol. The topological polar surface area (TPSA) is 17.1 Å². The summed E-state index contributed by atoms with van der Waals surface area (Å²) in [5.74, 6) is -0.0218. The van der Waals surface area contributed by atoms with Gasteiger partial charge in [0, 0.05) is 6.42 Å². The molecule has 0 amide bonds. The summed E-state index contributed by atoms with van der Waals surface area (Å²) in [7, 11) is 0. The van der Waals surface area contributed by atoms with E-state index in [1.54, 1.807) is 12.1 Å². The van der Waals surface area contributed by atoms with E-state index in [4.69, 9.17) is 0 Å². The Balaban J connectivity index is 3.34. The van der Waals surface area contributed by atoms with Crippen LogP contribution < -0.4 is 0 Å². The first-order chi connectivity index (χ1) is 8.00. The van der Waals surface area contributed by atoms with Crippen LogP contribution in [-0.2, 0) is 22.6 Å². The number of rotatable bonds is 4. The fraction of sp³-hybridized carbons (Fsp3) is 0.533. The van der Waals surface area contributed by atoms with Crippen LogP contribution in [0.5, 0.6) is 0 Å². The molecule has 0 saturated carbocycles. The van der Waals surface area contributed by atoms with Crippen molar-refractivity contribution < 1.29 is 13.6 Å². The van der Waals surface area contributed by atoms with E-state index in [2.05, 4.69) is 0 Å². The maximum atomic E-state index is 14.0. The van der Waals surface area contributed by atoms with E-state index in [9.17, 15) is 13.6 Å². The van der Waals surface area contributed by atoms with Crippen LogP contribution in [0, 0.1) is 0 Å². The van der Waals surface area contributed by atoms with Crippen LogP contribution in [0.3, 0.4) is 0 Å². The van der Waals surface area contributed by atoms with Crippen LogP contribution in [0.4, 0.5) is 8.78 Å². The summed E-state index contributed by atoms with van der Waals surface area (Å²) in [6, 6.07) is 4.80. The van der Waals surface area contributed by atoms with Crippen LogP contribution in [0.25, 0.3) is 0 Å². The minimum atomic E-state index is -1.55. The van der Waals surface area contributed by atoms with Crippen molar-refractivity contribution >= 4 is 5.78 Å². The molecule has 0 heterocycles. The second-order valence-corrected chi connectivity index (χ2v) is 5.74. The van der Waals surface area contributed by atoms with Gasteiger partial charge in [0.1, 0.15) is 17.1 Å². The maximum absolute atomic E-state index is 14.0. The Morgan fingerprint density at radius 2 is 1.39 bits per heavy atom. The molecular weight excluding hydrogens is 234 g/mol. The molecule has 0 bridgehead atoms. The van der Waals surface area contributed by atoms with Gasteiger partial charge in [-0.2, -0.15) is 0 Å². The van der Waals surface area contributed by atoms with Gasteiger partial charge < -0.3 is 0 Å². The van der Waals surface area contributed by atoms with Crippen LogP contribution >= 0.6 is 0 Å². The zero-order valence-corrected chi connectivity index (χ0v) is 11.6. The van der Waals surface area contributed by atoms with Gasteiger partial charge in [-0.15, -0.1) is 0 Å². The summed E-state index contributed by atoms with van der Waals surface area (Å²) in [5, 5.41) is 0. The van der Waals surface area contributed by atoms with Crippen LogP contribution in [0.2, 0.25) is 0 Å². The number of carbonyl (C=O) groups is 1.